The van der Waals surface area contributed by atoms with Crippen LogP contribution >= 0.6 is 0 Å². The van der Waals surface area contributed by atoms with Gasteiger partial charge >= 0.3 is 0 Å². The van der Waals surface area contributed by atoms with Gasteiger partial charge < -0.3 is 0 Å². The predicted molar refractivity (Wildman–Crippen MR) is 141 cm³/mol. The molecular formula is C28H27F2N7O2S. The van der Waals surface area contributed by atoms with Crippen LogP contribution in [0.1, 0.15) is 68.2 Å². The van der Waals surface area contributed by atoms with Crippen molar-refractivity contribution in [2.45, 2.75) is 56.3 Å². The number of nitrogens with zero attached hydrogens (tertiary/aromatic N) is 7. The molecule has 1 aromatic carbocycles. The molecule has 2 saturated carbocycles. The number of sulfone groups is 1. The number of halogens is 2. The Morgan fingerprint density at radius 1 is 1.05 bits per heavy atom. The molecule has 3 aliphatic rings. The Morgan fingerprint density at radius 2 is 1.80 bits per heavy atom. The van der Waals surface area contributed by atoms with Crippen LogP contribution in [-0.2, 0) is 20.7 Å². The van der Waals surface area contributed by atoms with Crippen LogP contribution in [0.3, 0.4) is 0 Å². The van der Waals surface area contributed by atoms with Crippen molar-refractivity contribution in [1.82, 2.24) is 34.9 Å². The van der Waals surface area contributed by atoms with Crippen molar-refractivity contribution in [3.8, 4) is 17.2 Å². The van der Waals surface area contributed by atoms with Crippen LogP contribution in [0.25, 0.3) is 17.2 Å². The first-order valence-corrected chi connectivity index (χ1v) is 15.3. The Hall–Kier alpha value is -3.67. The van der Waals surface area contributed by atoms with E-state index >= 15 is 0 Å². The van der Waals surface area contributed by atoms with Crippen LogP contribution in [-0.4, -0.2) is 55.4 Å². The van der Waals surface area contributed by atoms with E-state index in [2.05, 4.69) is 39.1 Å². The number of rotatable bonds is 6. The molecule has 0 spiro atoms. The number of aromatic nitrogens is 7. The summed E-state index contributed by atoms with van der Waals surface area (Å²) in [6.07, 6.45) is 7.52. The fraction of sp³-hybridized carbons (Fsp3) is 0.429. The molecule has 3 aliphatic carbocycles. The summed E-state index contributed by atoms with van der Waals surface area (Å²) in [5.41, 5.74) is 1.02. The third-order valence-corrected chi connectivity index (χ3v) is 10.3. The second-order valence-electron chi connectivity index (χ2n) is 12.0. The summed E-state index contributed by atoms with van der Waals surface area (Å²) < 4.78 is 54.5. The lowest BCUT2D eigenvalue weighted by Crippen LogP contribution is -2.38. The van der Waals surface area contributed by atoms with Crippen LogP contribution < -0.4 is 0 Å². The molecule has 0 radical (unpaired) electrons. The molecule has 0 unspecified atom stereocenters. The van der Waals surface area contributed by atoms with E-state index in [1.165, 1.54) is 35.5 Å². The minimum absolute atomic E-state index is 0.0117. The summed E-state index contributed by atoms with van der Waals surface area (Å²) in [7, 11) is -3.19. The van der Waals surface area contributed by atoms with E-state index in [4.69, 9.17) is 4.98 Å². The number of hydrogen-bond acceptors (Lipinski definition) is 8. The highest BCUT2D eigenvalue weighted by Gasteiger charge is 2.65. The summed E-state index contributed by atoms with van der Waals surface area (Å²) in [6, 6.07) is 7.42. The van der Waals surface area contributed by atoms with Crippen LogP contribution in [0.5, 0.6) is 0 Å². The van der Waals surface area contributed by atoms with Gasteiger partial charge in [0.15, 0.2) is 5.82 Å². The highest BCUT2D eigenvalue weighted by Crippen LogP contribution is 2.69. The normalized spacial score (nSPS) is 23.8. The molecule has 12 heteroatoms. The molecule has 40 heavy (non-hydrogen) atoms. The maximum absolute atomic E-state index is 14.6. The molecule has 2 bridgehead atoms. The quantitative estimate of drug-likeness (QED) is 0.345. The van der Waals surface area contributed by atoms with E-state index in [-0.39, 0.29) is 28.3 Å². The second-order valence-corrected chi connectivity index (χ2v) is 14.1. The van der Waals surface area contributed by atoms with Crippen molar-refractivity contribution in [3.63, 3.8) is 0 Å². The number of fused-ring (bicyclic) bond motifs is 5. The smallest absolute Gasteiger partial charge is 0.229 e. The summed E-state index contributed by atoms with van der Waals surface area (Å²) >= 11 is 0. The maximum Gasteiger partial charge on any atom is 0.252 e. The summed E-state index contributed by atoms with van der Waals surface area (Å²) in [5, 5.41) is 13.5. The lowest BCUT2D eigenvalue weighted by molar-refractivity contribution is 0.242. The molecule has 0 saturated heterocycles. The summed E-state index contributed by atoms with van der Waals surface area (Å²) in [5.74, 6) is -0.429. The average Bonchev–Trinajstić information content (AvgIpc) is 3.30. The summed E-state index contributed by atoms with van der Waals surface area (Å²) in [6.45, 7) is 4.35. The van der Waals surface area contributed by atoms with Gasteiger partial charge in [0.25, 0.3) is 5.95 Å². The van der Waals surface area contributed by atoms with Gasteiger partial charge in [-0.3, -0.25) is 0 Å². The highest BCUT2D eigenvalue weighted by atomic mass is 32.2. The van der Waals surface area contributed by atoms with Gasteiger partial charge in [-0.1, -0.05) is 19.9 Å². The van der Waals surface area contributed by atoms with Gasteiger partial charge in [0, 0.05) is 17.9 Å². The molecule has 2 fully saturated rings. The van der Waals surface area contributed by atoms with Crippen molar-refractivity contribution in [2.75, 3.05) is 12.0 Å². The van der Waals surface area contributed by atoms with E-state index in [0.717, 1.165) is 42.6 Å². The predicted octanol–water partition coefficient (Wildman–Crippen LogP) is 4.07. The first kappa shape index (κ1) is 25.3. The van der Waals surface area contributed by atoms with Gasteiger partial charge in [0.05, 0.1) is 33.8 Å². The molecule has 2 atom stereocenters. The molecule has 206 valence electrons. The molecular weight excluding hydrogens is 536 g/mol. The van der Waals surface area contributed by atoms with Gasteiger partial charge in [-0.15, -0.1) is 10.2 Å². The number of benzene rings is 1. The van der Waals surface area contributed by atoms with Crippen molar-refractivity contribution >= 4 is 9.84 Å². The fourth-order valence-electron chi connectivity index (χ4n) is 7.14. The molecule has 0 N–H and O–H groups in total. The lowest BCUT2D eigenvalue weighted by Gasteiger charge is -2.37. The van der Waals surface area contributed by atoms with Gasteiger partial charge in [0.2, 0.25) is 0 Å². The highest BCUT2D eigenvalue weighted by molar-refractivity contribution is 7.90. The van der Waals surface area contributed by atoms with E-state index in [1.807, 2.05) is 6.07 Å². The van der Waals surface area contributed by atoms with Crippen molar-refractivity contribution in [3.05, 3.63) is 77.3 Å². The monoisotopic (exact) mass is 563 g/mol. The van der Waals surface area contributed by atoms with Gasteiger partial charge in [0.1, 0.15) is 27.8 Å². The standard InChI is InChI=1S/C28H27F2N7O2S/c1-26(2)17-7-9-28(26,23-16(17)13-20(34-35-23)22-18(29)5-4-6-19(22)30)21-8-12-31-25(33-21)37-15-32-24(36-37)27(10-11-27)14-40(3,38)39/h4-6,8,12-13,15,17H,7,9-11,14H2,1-3H3/t17-,28-/m0/s1. The van der Waals surface area contributed by atoms with E-state index in [0.29, 0.717) is 11.8 Å². The van der Waals surface area contributed by atoms with Crippen molar-refractivity contribution < 1.29 is 17.2 Å². The Labute approximate surface area is 230 Å². The molecule has 9 nitrogen and oxygen atoms in total. The topological polar surface area (TPSA) is 116 Å². The van der Waals surface area contributed by atoms with E-state index < -0.39 is 32.3 Å². The summed E-state index contributed by atoms with van der Waals surface area (Å²) in [4.78, 5) is 13.8. The lowest BCUT2D eigenvalue weighted by atomic mass is 9.66. The molecule has 3 heterocycles. The minimum Gasteiger partial charge on any atom is -0.229 e. The van der Waals surface area contributed by atoms with Gasteiger partial charge in [-0.25, -0.2) is 32.2 Å². The zero-order valence-corrected chi connectivity index (χ0v) is 23.1. The van der Waals surface area contributed by atoms with Crippen LogP contribution in [0.4, 0.5) is 8.78 Å². The molecule has 0 amide bonds. The van der Waals surface area contributed by atoms with Gasteiger partial charge in [-0.05, 0) is 66.8 Å². The Balaban J connectivity index is 1.30. The third-order valence-electron chi connectivity index (χ3n) is 9.24. The van der Waals surface area contributed by atoms with Gasteiger partial charge in [-0.2, -0.15) is 9.78 Å². The van der Waals surface area contributed by atoms with Crippen LogP contribution in [0, 0.1) is 17.0 Å². The van der Waals surface area contributed by atoms with Crippen molar-refractivity contribution in [1.29, 1.82) is 0 Å². The molecule has 4 aromatic rings. The number of hydrogen-bond donors (Lipinski definition) is 0. The fourth-order valence-corrected chi connectivity index (χ4v) is 8.56. The Morgan fingerprint density at radius 3 is 2.50 bits per heavy atom. The van der Waals surface area contributed by atoms with Crippen LogP contribution in [0.15, 0.2) is 42.9 Å². The zero-order valence-electron chi connectivity index (χ0n) is 22.3. The maximum atomic E-state index is 14.6. The van der Waals surface area contributed by atoms with Crippen molar-refractivity contribution in [2.24, 2.45) is 5.41 Å². The molecule has 0 aliphatic heterocycles. The Kier molecular flexibility index (Phi) is 5.18. The Bertz CT molecular complexity index is 1780. The molecule has 3 aromatic heterocycles. The van der Waals surface area contributed by atoms with Crippen LogP contribution in [0.2, 0.25) is 0 Å². The minimum atomic E-state index is -3.19. The largest absolute Gasteiger partial charge is 0.252 e. The first-order valence-electron chi connectivity index (χ1n) is 13.2. The van der Waals surface area contributed by atoms with E-state index in [1.54, 1.807) is 12.3 Å². The third kappa shape index (κ3) is 3.50. The average molecular weight is 564 g/mol. The molecule has 7 rings (SSSR count). The second kappa shape index (κ2) is 8.18. The zero-order chi connectivity index (χ0) is 28.1. The first-order chi connectivity index (χ1) is 19.0. The van der Waals surface area contributed by atoms with E-state index in [9.17, 15) is 17.2 Å². The SMILES string of the molecule is CC1(C)[C@H]2CC[C@]1(c1ccnc(-n3cnc(C4(CS(C)(=O)=O)CC4)n3)n1)c1nnc(-c3c(F)cccc3F)cc12.